The first kappa shape index (κ1) is 18.0. The number of rotatable bonds is 4. The van der Waals surface area contributed by atoms with E-state index in [4.69, 9.17) is 20.8 Å². The average Bonchev–Trinajstić information content (AvgIpc) is 2.62. The topological polar surface area (TPSA) is 65.7 Å². The van der Waals surface area contributed by atoms with Crippen molar-refractivity contribution < 1.29 is 18.7 Å². The molecule has 0 unspecified atom stereocenters. The molecule has 0 radical (unpaired) electrons. The van der Waals surface area contributed by atoms with E-state index in [1.54, 1.807) is 49.4 Å². The van der Waals surface area contributed by atoms with Crippen molar-refractivity contribution in [1.82, 2.24) is 0 Å². The number of carbonyl (C=O) groups is 1. The lowest BCUT2D eigenvalue weighted by atomic mass is 9.99. The van der Waals surface area contributed by atoms with Gasteiger partial charge in [0.1, 0.15) is 11.3 Å². The number of benzene rings is 2. The van der Waals surface area contributed by atoms with E-state index in [1.807, 2.05) is 6.92 Å². The number of hydrogen-bond donors (Lipinski definition) is 0. The molecule has 0 fully saturated rings. The van der Waals surface area contributed by atoms with Crippen LogP contribution in [0.3, 0.4) is 0 Å². The summed E-state index contributed by atoms with van der Waals surface area (Å²) in [6.07, 6.45) is -0.765. The van der Waals surface area contributed by atoms with Gasteiger partial charge in [0.15, 0.2) is 6.10 Å². The predicted octanol–water partition coefficient (Wildman–Crippen LogP) is 4.36. The molecule has 1 atom stereocenters. The number of ether oxygens (including phenoxy) is 2. The maximum atomic E-state index is 12.5. The summed E-state index contributed by atoms with van der Waals surface area (Å²) in [4.78, 5) is 24.0. The number of halogens is 1. The molecule has 0 bridgehead atoms. The van der Waals surface area contributed by atoms with Crippen LogP contribution in [0.2, 0.25) is 5.02 Å². The van der Waals surface area contributed by atoms with Gasteiger partial charge in [-0.05, 0) is 49.2 Å². The lowest BCUT2D eigenvalue weighted by Crippen LogP contribution is -2.24. The Bertz CT molecular complexity index is 1020. The molecule has 0 saturated carbocycles. The minimum absolute atomic E-state index is 0.389. The number of esters is 1. The van der Waals surface area contributed by atoms with Gasteiger partial charge in [0, 0.05) is 16.5 Å². The summed E-state index contributed by atoms with van der Waals surface area (Å²) in [5.74, 6) is -0.0713. The Morgan fingerprint density at radius 2 is 1.85 bits per heavy atom. The number of carbonyl (C=O) groups excluding carboxylic acids is 1. The van der Waals surface area contributed by atoms with Crippen molar-refractivity contribution in [2.45, 2.75) is 20.0 Å². The number of aryl methyl sites for hydroxylation is 1. The summed E-state index contributed by atoms with van der Waals surface area (Å²) in [6, 6.07) is 12.1. The van der Waals surface area contributed by atoms with Gasteiger partial charge < -0.3 is 13.9 Å². The first-order valence-corrected chi connectivity index (χ1v) is 8.36. The zero-order valence-electron chi connectivity index (χ0n) is 14.5. The molecule has 2 aromatic carbocycles. The molecule has 0 amide bonds. The van der Waals surface area contributed by atoms with Gasteiger partial charge in [-0.15, -0.1) is 0 Å². The van der Waals surface area contributed by atoms with Crippen LogP contribution < -0.4 is 10.4 Å². The first-order chi connectivity index (χ1) is 12.4. The lowest BCUT2D eigenvalue weighted by molar-refractivity contribution is -0.147. The minimum atomic E-state index is -0.765. The molecule has 3 rings (SSSR count). The van der Waals surface area contributed by atoms with Crippen molar-refractivity contribution in [3.05, 3.63) is 63.5 Å². The van der Waals surface area contributed by atoms with E-state index >= 15 is 0 Å². The van der Waals surface area contributed by atoms with Crippen LogP contribution in [-0.4, -0.2) is 19.2 Å². The summed E-state index contributed by atoms with van der Waals surface area (Å²) >= 11 is 5.92. The van der Waals surface area contributed by atoms with E-state index in [-0.39, 0.29) is 0 Å². The Kier molecular flexibility index (Phi) is 5.00. The van der Waals surface area contributed by atoms with Crippen LogP contribution in [0.15, 0.2) is 51.7 Å². The summed E-state index contributed by atoms with van der Waals surface area (Å²) in [7, 11) is 1.29. The van der Waals surface area contributed by atoms with Gasteiger partial charge in [-0.2, -0.15) is 0 Å². The fraction of sp³-hybridized carbons (Fsp3) is 0.200. The molecule has 1 aromatic heterocycles. The second-order valence-corrected chi connectivity index (χ2v) is 6.27. The highest BCUT2D eigenvalue weighted by Crippen LogP contribution is 2.29. The number of hydrogen-bond acceptors (Lipinski definition) is 5. The summed E-state index contributed by atoms with van der Waals surface area (Å²) in [6.45, 7) is 3.45. The minimum Gasteiger partial charge on any atom is -0.479 e. The second-order valence-electron chi connectivity index (χ2n) is 5.84. The van der Waals surface area contributed by atoms with Crippen LogP contribution in [0.5, 0.6) is 5.75 Å². The second kappa shape index (κ2) is 7.22. The maximum Gasteiger partial charge on any atom is 0.346 e. The average molecular weight is 373 g/mol. The van der Waals surface area contributed by atoms with Gasteiger partial charge in [0.25, 0.3) is 0 Å². The van der Waals surface area contributed by atoms with Crippen molar-refractivity contribution in [2.75, 3.05) is 7.11 Å². The third kappa shape index (κ3) is 3.44. The van der Waals surface area contributed by atoms with Crippen LogP contribution in [0, 0.1) is 6.92 Å². The van der Waals surface area contributed by atoms with Crippen LogP contribution in [0.4, 0.5) is 0 Å². The largest absolute Gasteiger partial charge is 0.479 e. The fourth-order valence-corrected chi connectivity index (χ4v) is 2.90. The summed E-state index contributed by atoms with van der Waals surface area (Å²) < 4.78 is 15.7. The van der Waals surface area contributed by atoms with Gasteiger partial charge in [-0.25, -0.2) is 9.59 Å². The molecule has 0 aliphatic heterocycles. The van der Waals surface area contributed by atoms with E-state index in [0.717, 1.165) is 16.5 Å². The monoisotopic (exact) mass is 372 g/mol. The summed E-state index contributed by atoms with van der Waals surface area (Å²) in [5, 5.41) is 1.38. The van der Waals surface area contributed by atoms with Crippen molar-refractivity contribution in [1.29, 1.82) is 0 Å². The maximum absolute atomic E-state index is 12.5. The van der Waals surface area contributed by atoms with Gasteiger partial charge in [-0.3, -0.25) is 0 Å². The zero-order chi connectivity index (χ0) is 18.8. The van der Waals surface area contributed by atoms with E-state index in [1.165, 1.54) is 7.11 Å². The molecule has 0 aliphatic rings. The van der Waals surface area contributed by atoms with Crippen molar-refractivity contribution in [3.8, 4) is 16.9 Å². The van der Waals surface area contributed by atoms with Gasteiger partial charge in [0.2, 0.25) is 0 Å². The highest BCUT2D eigenvalue weighted by molar-refractivity contribution is 6.30. The Labute approximate surface area is 155 Å². The Morgan fingerprint density at radius 3 is 2.50 bits per heavy atom. The number of fused-ring (bicyclic) bond motifs is 1. The molecule has 1 heterocycles. The van der Waals surface area contributed by atoms with E-state index < -0.39 is 17.7 Å². The summed E-state index contributed by atoms with van der Waals surface area (Å²) in [5.41, 5.74) is 1.97. The highest BCUT2D eigenvalue weighted by atomic mass is 35.5. The van der Waals surface area contributed by atoms with Crippen LogP contribution >= 0.6 is 11.6 Å². The molecule has 0 aliphatic carbocycles. The van der Waals surface area contributed by atoms with Gasteiger partial charge in [0.05, 0.1) is 12.7 Å². The van der Waals surface area contributed by atoms with Gasteiger partial charge >= 0.3 is 11.6 Å². The molecule has 26 heavy (non-hydrogen) atoms. The Balaban J connectivity index is 2.05. The fourth-order valence-electron chi connectivity index (χ4n) is 2.78. The van der Waals surface area contributed by atoms with E-state index in [0.29, 0.717) is 21.9 Å². The molecular formula is C20H17ClO5. The quantitative estimate of drug-likeness (QED) is 0.502. The van der Waals surface area contributed by atoms with E-state index in [9.17, 15) is 9.59 Å². The molecule has 134 valence electrons. The van der Waals surface area contributed by atoms with Crippen molar-refractivity contribution in [2.24, 2.45) is 0 Å². The third-order valence-corrected chi connectivity index (χ3v) is 4.37. The highest BCUT2D eigenvalue weighted by Gasteiger charge is 2.17. The molecule has 0 spiro atoms. The molecule has 6 heteroatoms. The van der Waals surface area contributed by atoms with Crippen molar-refractivity contribution >= 4 is 28.5 Å². The first-order valence-electron chi connectivity index (χ1n) is 7.98. The molecular weight excluding hydrogens is 356 g/mol. The molecule has 5 nitrogen and oxygen atoms in total. The van der Waals surface area contributed by atoms with Gasteiger partial charge in [-0.1, -0.05) is 23.7 Å². The Morgan fingerprint density at radius 1 is 1.15 bits per heavy atom. The predicted molar refractivity (Wildman–Crippen MR) is 99.8 cm³/mol. The van der Waals surface area contributed by atoms with Crippen molar-refractivity contribution in [3.63, 3.8) is 0 Å². The zero-order valence-corrected chi connectivity index (χ0v) is 15.3. The standard InChI is InChI=1S/C20H17ClO5/c1-11-16-9-8-15(25-12(2)19(22)24-3)10-17(16)26-20(23)18(11)13-4-6-14(21)7-5-13/h4-10,12H,1-3H3/t12-/m0/s1. The van der Waals surface area contributed by atoms with Crippen LogP contribution in [0.1, 0.15) is 12.5 Å². The normalized spacial score (nSPS) is 12.0. The number of methoxy groups -OCH3 is 1. The van der Waals surface area contributed by atoms with Crippen LogP contribution in [-0.2, 0) is 9.53 Å². The molecule has 0 N–H and O–H groups in total. The SMILES string of the molecule is COC(=O)[C@H](C)Oc1ccc2c(C)c(-c3ccc(Cl)cc3)c(=O)oc2c1. The Hall–Kier alpha value is -2.79. The van der Waals surface area contributed by atoms with Crippen LogP contribution in [0.25, 0.3) is 22.1 Å². The molecule has 0 saturated heterocycles. The molecule has 3 aromatic rings. The third-order valence-electron chi connectivity index (χ3n) is 4.12. The smallest absolute Gasteiger partial charge is 0.346 e. The lowest BCUT2D eigenvalue weighted by Gasteiger charge is -2.13. The van der Waals surface area contributed by atoms with E-state index in [2.05, 4.69) is 4.74 Å².